The minimum absolute atomic E-state index is 1.10. The molecule has 1 nitrogen and oxygen atoms in total. The van der Waals surface area contributed by atoms with Crippen LogP contribution in [-0.2, 0) is 0 Å². The van der Waals surface area contributed by atoms with E-state index < -0.39 is 0 Å². The SMILES string of the molecule is c1ccc(-c2ccc(-c3cccc(N(c4ccc(-c5ccc6c(ccc7ccccc76)c5)cc4)c4ccc(-c5cccc6c5sc5ccccc56)cc4)c3)cc2)cc1. The molecule has 58 heavy (non-hydrogen) atoms. The third kappa shape index (κ3) is 6.12. The second kappa shape index (κ2) is 14.4. The van der Waals surface area contributed by atoms with Crippen molar-refractivity contribution in [1.82, 2.24) is 0 Å². The standard InChI is InChI=1S/C56H37NS/c1-2-10-38(11-3-1)39-20-22-40(23-21-39)44-13-8-14-49(37-44)57(48-33-28-43(29-34-48)52-17-9-18-54-53-16-6-7-19-55(53)58-56(52)54)47-31-26-41(27-32-47)45-30-35-51-46(36-45)25-24-42-12-4-5-15-50(42)51/h1-37H. The van der Waals surface area contributed by atoms with E-state index in [1.54, 1.807) is 0 Å². The Morgan fingerprint density at radius 2 is 0.793 bits per heavy atom. The molecule has 0 radical (unpaired) electrons. The highest BCUT2D eigenvalue weighted by Gasteiger charge is 2.16. The third-order valence-electron chi connectivity index (χ3n) is 11.5. The van der Waals surface area contributed by atoms with Crippen LogP contribution in [0.25, 0.3) is 86.2 Å². The van der Waals surface area contributed by atoms with Crippen molar-refractivity contribution in [3.63, 3.8) is 0 Å². The van der Waals surface area contributed by atoms with Crippen LogP contribution in [0.5, 0.6) is 0 Å². The monoisotopic (exact) mass is 755 g/mol. The van der Waals surface area contributed by atoms with E-state index in [0.29, 0.717) is 0 Å². The molecule has 1 aromatic heterocycles. The van der Waals surface area contributed by atoms with Crippen molar-refractivity contribution in [3.05, 3.63) is 224 Å². The van der Waals surface area contributed by atoms with Crippen LogP contribution in [0.15, 0.2) is 224 Å². The van der Waals surface area contributed by atoms with Crippen molar-refractivity contribution in [2.75, 3.05) is 4.90 Å². The first-order valence-electron chi connectivity index (χ1n) is 19.8. The highest BCUT2D eigenvalue weighted by atomic mass is 32.1. The lowest BCUT2D eigenvalue weighted by Gasteiger charge is -2.26. The Labute approximate surface area is 342 Å². The van der Waals surface area contributed by atoms with Gasteiger partial charge in [-0.3, -0.25) is 0 Å². The second-order valence-electron chi connectivity index (χ2n) is 14.9. The van der Waals surface area contributed by atoms with Crippen molar-refractivity contribution in [2.24, 2.45) is 0 Å². The molecule has 1 heterocycles. The molecule has 11 aromatic rings. The van der Waals surface area contributed by atoms with Gasteiger partial charge in [0, 0.05) is 37.2 Å². The molecule has 0 fully saturated rings. The fourth-order valence-corrected chi connectivity index (χ4v) is 9.76. The molecule has 0 N–H and O–H groups in total. The maximum absolute atomic E-state index is 2.38. The summed E-state index contributed by atoms with van der Waals surface area (Å²) in [5.41, 5.74) is 13.0. The molecular weight excluding hydrogens is 719 g/mol. The van der Waals surface area contributed by atoms with Gasteiger partial charge in [0.2, 0.25) is 0 Å². The highest BCUT2D eigenvalue weighted by molar-refractivity contribution is 7.26. The molecule has 0 saturated carbocycles. The van der Waals surface area contributed by atoms with Crippen molar-refractivity contribution in [2.45, 2.75) is 0 Å². The lowest BCUT2D eigenvalue weighted by Crippen LogP contribution is -2.10. The lowest BCUT2D eigenvalue weighted by atomic mass is 9.97. The van der Waals surface area contributed by atoms with Gasteiger partial charge < -0.3 is 4.90 Å². The highest BCUT2D eigenvalue weighted by Crippen LogP contribution is 2.42. The van der Waals surface area contributed by atoms with Gasteiger partial charge in [-0.2, -0.15) is 0 Å². The first kappa shape index (κ1) is 34.0. The molecule has 0 aliphatic carbocycles. The molecule has 10 aromatic carbocycles. The second-order valence-corrected chi connectivity index (χ2v) is 16.0. The number of nitrogens with zero attached hydrogens (tertiary/aromatic N) is 1. The van der Waals surface area contributed by atoms with Crippen molar-refractivity contribution in [3.8, 4) is 44.5 Å². The Morgan fingerprint density at radius 1 is 0.276 bits per heavy atom. The van der Waals surface area contributed by atoms with Crippen LogP contribution in [-0.4, -0.2) is 0 Å². The Hall–Kier alpha value is -7.26. The van der Waals surface area contributed by atoms with E-state index >= 15 is 0 Å². The van der Waals surface area contributed by atoms with Gasteiger partial charge in [-0.25, -0.2) is 0 Å². The predicted molar refractivity (Wildman–Crippen MR) is 251 cm³/mol. The molecule has 0 aliphatic heterocycles. The number of hydrogen-bond acceptors (Lipinski definition) is 2. The van der Waals surface area contributed by atoms with E-state index in [1.165, 1.54) is 86.2 Å². The van der Waals surface area contributed by atoms with Crippen LogP contribution in [0.4, 0.5) is 17.1 Å². The molecule has 11 rings (SSSR count). The largest absolute Gasteiger partial charge is 0.310 e. The van der Waals surface area contributed by atoms with Gasteiger partial charge in [-0.15, -0.1) is 11.3 Å². The molecule has 0 saturated heterocycles. The van der Waals surface area contributed by atoms with E-state index in [9.17, 15) is 0 Å². The fraction of sp³-hybridized carbons (Fsp3) is 0. The zero-order valence-electron chi connectivity index (χ0n) is 31.7. The number of hydrogen-bond donors (Lipinski definition) is 0. The number of anilines is 3. The lowest BCUT2D eigenvalue weighted by molar-refractivity contribution is 1.28. The van der Waals surface area contributed by atoms with Crippen LogP contribution < -0.4 is 4.90 Å². The van der Waals surface area contributed by atoms with Crippen LogP contribution in [0.3, 0.4) is 0 Å². The van der Waals surface area contributed by atoms with E-state index in [2.05, 4.69) is 229 Å². The summed E-state index contributed by atoms with van der Waals surface area (Å²) in [4.78, 5) is 2.38. The van der Waals surface area contributed by atoms with E-state index in [4.69, 9.17) is 0 Å². The zero-order chi connectivity index (χ0) is 38.4. The maximum atomic E-state index is 2.38. The molecule has 272 valence electrons. The predicted octanol–water partition coefficient (Wildman–Crippen LogP) is 16.5. The Kier molecular flexibility index (Phi) is 8.42. The van der Waals surface area contributed by atoms with Gasteiger partial charge >= 0.3 is 0 Å². The van der Waals surface area contributed by atoms with Crippen molar-refractivity contribution in [1.29, 1.82) is 0 Å². The van der Waals surface area contributed by atoms with Crippen LogP contribution in [0.2, 0.25) is 0 Å². The van der Waals surface area contributed by atoms with Crippen LogP contribution in [0.1, 0.15) is 0 Å². The summed E-state index contributed by atoms with van der Waals surface area (Å²) in [5, 5.41) is 7.73. The Balaban J connectivity index is 0.980. The number of thiophene rings is 1. The Morgan fingerprint density at radius 3 is 1.57 bits per heavy atom. The summed E-state index contributed by atoms with van der Waals surface area (Å²) in [6, 6.07) is 81.9. The van der Waals surface area contributed by atoms with Gasteiger partial charge in [0.05, 0.1) is 0 Å². The molecular formula is C56H37NS. The zero-order valence-corrected chi connectivity index (χ0v) is 32.5. The number of fused-ring (bicyclic) bond motifs is 6. The van der Waals surface area contributed by atoms with Gasteiger partial charge in [-0.1, -0.05) is 176 Å². The average Bonchev–Trinajstić information content (AvgIpc) is 3.69. The molecule has 0 bridgehead atoms. The smallest absolute Gasteiger partial charge is 0.0467 e. The first-order valence-corrected chi connectivity index (χ1v) is 20.6. The molecule has 0 spiro atoms. The van der Waals surface area contributed by atoms with Gasteiger partial charge in [-0.05, 0) is 115 Å². The van der Waals surface area contributed by atoms with Crippen LogP contribution >= 0.6 is 11.3 Å². The number of benzene rings is 10. The maximum Gasteiger partial charge on any atom is 0.0467 e. The minimum atomic E-state index is 1.10. The normalized spacial score (nSPS) is 11.4. The van der Waals surface area contributed by atoms with E-state index in [-0.39, 0.29) is 0 Å². The van der Waals surface area contributed by atoms with Crippen molar-refractivity contribution < 1.29 is 0 Å². The minimum Gasteiger partial charge on any atom is -0.310 e. The molecule has 0 atom stereocenters. The molecule has 0 unspecified atom stereocenters. The van der Waals surface area contributed by atoms with Gasteiger partial charge in [0.15, 0.2) is 0 Å². The summed E-state index contributed by atoms with van der Waals surface area (Å²) in [7, 11) is 0. The van der Waals surface area contributed by atoms with Crippen LogP contribution in [0, 0.1) is 0 Å². The van der Waals surface area contributed by atoms with Gasteiger partial charge in [0.25, 0.3) is 0 Å². The molecule has 0 amide bonds. The summed E-state index contributed by atoms with van der Waals surface area (Å²) < 4.78 is 2.65. The molecule has 2 heteroatoms. The summed E-state index contributed by atoms with van der Waals surface area (Å²) in [6.07, 6.45) is 0. The summed E-state index contributed by atoms with van der Waals surface area (Å²) in [6.45, 7) is 0. The first-order chi connectivity index (χ1) is 28.7. The fourth-order valence-electron chi connectivity index (χ4n) is 8.52. The third-order valence-corrected chi connectivity index (χ3v) is 12.7. The average molecular weight is 756 g/mol. The Bertz CT molecular complexity index is 3250. The van der Waals surface area contributed by atoms with Crippen molar-refractivity contribution >= 4 is 70.1 Å². The topological polar surface area (TPSA) is 3.24 Å². The number of rotatable bonds is 7. The quantitative estimate of drug-likeness (QED) is 0.146. The van der Waals surface area contributed by atoms with E-state index in [1.807, 2.05) is 11.3 Å². The molecule has 0 aliphatic rings. The summed E-state index contributed by atoms with van der Waals surface area (Å²) in [5.74, 6) is 0. The van der Waals surface area contributed by atoms with Gasteiger partial charge in [0.1, 0.15) is 0 Å². The summed E-state index contributed by atoms with van der Waals surface area (Å²) >= 11 is 1.88. The van der Waals surface area contributed by atoms with E-state index in [0.717, 1.165) is 17.1 Å².